The Kier molecular flexibility index (Phi) is 4.25. The van der Waals surface area contributed by atoms with Gasteiger partial charge in [-0.05, 0) is 29.8 Å². The summed E-state index contributed by atoms with van der Waals surface area (Å²) in [6.07, 6.45) is 8.25. The second-order valence-electron chi connectivity index (χ2n) is 5.73. The highest BCUT2D eigenvalue weighted by Crippen LogP contribution is 2.30. The van der Waals surface area contributed by atoms with E-state index >= 15 is 0 Å². The molecule has 0 saturated carbocycles. The van der Waals surface area contributed by atoms with E-state index in [0.29, 0.717) is 33.9 Å². The Morgan fingerprint density at radius 3 is 2.48 bits per heavy atom. The van der Waals surface area contributed by atoms with Gasteiger partial charge in [-0.25, -0.2) is 14.8 Å². The van der Waals surface area contributed by atoms with E-state index in [1.807, 2.05) is 6.07 Å². The minimum Gasteiger partial charge on any atom is -0.282 e. The van der Waals surface area contributed by atoms with E-state index in [-0.39, 0.29) is 5.56 Å². The third-order valence-corrected chi connectivity index (χ3v) is 4.08. The van der Waals surface area contributed by atoms with Gasteiger partial charge in [-0.1, -0.05) is 24.3 Å². The topological polar surface area (TPSA) is 65.0 Å². The van der Waals surface area contributed by atoms with Gasteiger partial charge >= 0.3 is 0 Å². The fourth-order valence-electron chi connectivity index (χ4n) is 2.83. The van der Waals surface area contributed by atoms with Gasteiger partial charge in [-0.15, -0.1) is 0 Å². The summed E-state index contributed by atoms with van der Waals surface area (Å²) in [4.78, 5) is 29.4. The maximum Gasteiger partial charge on any atom is 0.261 e. The van der Waals surface area contributed by atoms with E-state index < -0.39 is 0 Å². The molecule has 3 aromatic heterocycles. The van der Waals surface area contributed by atoms with Crippen LogP contribution in [0.4, 0.5) is 5.69 Å². The van der Waals surface area contributed by atoms with Crippen molar-refractivity contribution in [3.63, 3.8) is 0 Å². The van der Waals surface area contributed by atoms with Gasteiger partial charge in [0.1, 0.15) is 0 Å². The van der Waals surface area contributed by atoms with Gasteiger partial charge in [0.25, 0.3) is 5.56 Å². The van der Waals surface area contributed by atoms with Gasteiger partial charge in [0, 0.05) is 35.9 Å². The lowest BCUT2D eigenvalue weighted by molar-refractivity contribution is 0.978. The molecule has 0 radical (unpaired) electrons. The van der Waals surface area contributed by atoms with Crippen LogP contribution in [0.2, 0.25) is 0 Å². The average molecular weight is 351 g/mol. The first kappa shape index (κ1) is 16.4. The molecule has 3 heterocycles. The zero-order chi connectivity index (χ0) is 18.6. The highest BCUT2D eigenvalue weighted by Gasteiger charge is 2.15. The fourth-order valence-corrected chi connectivity index (χ4v) is 2.83. The lowest BCUT2D eigenvalue weighted by atomic mass is 10.0. The SMILES string of the molecule is [C-]#[N+]c1ccccc1-c1cc(-c2ncccn2)cn(-c2cccnc2)c1=O. The quantitative estimate of drug-likeness (QED) is 0.525. The van der Waals surface area contributed by atoms with Crippen LogP contribution in [0.1, 0.15) is 0 Å². The van der Waals surface area contributed by atoms with Crippen molar-refractivity contribution in [1.29, 1.82) is 0 Å². The zero-order valence-electron chi connectivity index (χ0n) is 14.1. The summed E-state index contributed by atoms with van der Waals surface area (Å²) in [6, 6.07) is 14.1. The van der Waals surface area contributed by atoms with Crippen LogP contribution in [0.3, 0.4) is 0 Å². The third kappa shape index (κ3) is 3.10. The number of benzene rings is 1. The largest absolute Gasteiger partial charge is 0.282 e. The molecule has 4 aromatic rings. The van der Waals surface area contributed by atoms with Crippen LogP contribution in [-0.4, -0.2) is 19.5 Å². The highest BCUT2D eigenvalue weighted by molar-refractivity contribution is 5.80. The molecule has 0 aliphatic carbocycles. The van der Waals surface area contributed by atoms with Gasteiger partial charge in [-0.3, -0.25) is 14.3 Å². The molecule has 27 heavy (non-hydrogen) atoms. The zero-order valence-corrected chi connectivity index (χ0v) is 14.1. The van der Waals surface area contributed by atoms with Gasteiger partial charge in [0.2, 0.25) is 0 Å². The van der Waals surface area contributed by atoms with Gasteiger partial charge in [-0.2, -0.15) is 0 Å². The molecule has 0 aliphatic rings. The lowest BCUT2D eigenvalue weighted by Gasteiger charge is -2.12. The van der Waals surface area contributed by atoms with Gasteiger partial charge < -0.3 is 0 Å². The van der Waals surface area contributed by atoms with E-state index in [1.165, 1.54) is 4.57 Å². The van der Waals surface area contributed by atoms with Crippen molar-refractivity contribution in [2.24, 2.45) is 0 Å². The molecule has 0 aliphatic heterocycles. The molecule has 0 amide bonds. The molecule has 0 N–H and O–H groups in total. The Balaban J connectivity index is 2.04. The van der Waals surface area contributed by atoms with Crippen LogP contribution in [0.5, 0.6) is 0 Å². The Labute approximate surface area is 155 Å². The molecular formula is C21H13N5O. The molecule has 0 fully saturated rings. The first-order valence-corrected chi connectivity index (χ1v) is 8.19. The smallest absolute Gasteiger partial charge is 0.261 e. The van der Waals surface area contributed by atoms with E-state index in [4.69, 9.17) is 6.57 Å². The van der Waals surface area contributed by atoms with Gasteiger partial charge in [0.15, 0.2) is 11.5 Å². The van der Waals surface area contributed by atoms with Crippen molar-refractivity contribution < 1.29 is 0 Å². The number of nitrogens with zero attached hydrogens (tertiary/aromatic N) is 5. The molecule has 1 aromatic carbocycles. The summed E-state index contributed by atoms with van der Waals surface area (Å²) >= 11 is 0. The molecule has 0 spiro atoms. The molecule has 0 bridgehead atoms. The van der Waals surface area contributed by atoms with Crippen molar-refractivity contribution in [3.05, 3.63) is 101 Å². The van der Waals surface area contributed by atoms with Crippen molar-refractivity contribution >= 4 is 5.69 Å². The average Bonchev–Trinajstić information content (AvgIpc) is 2.75. The Hall–Kier alpha value is -4.11. The predicted octanol–water partition coefficient (Wildman–Crippen LogP) is 3.91. The fraction of sp³-hybridized carbons (Fsp3) is 0. The van der Waals surface area contributed by atoms with Crippen LogP contribution >= 0.6 is 0 Å². The van der Waals surface area contributed by atoms with Crippen LogP contribution in [-0.2, 0) is 0 Å². The van der Waals surface area contributed by atoms with Crippen LogP contribution < -0.4 is 5.56 Å². The molecule has 6 nitrogen and oxygen atoms in total. The third-order valence-electron chi connectivity index (χ3n) is 4.08. The lowest BCUT2D eigenvalue weighted by Crippen LogP contribution is -2.20. The number of hydrogen-bond donors (Lipinski definition) is 0. The van der Waals surface area contributed by atoms with E-state index in [1.54, 1.807) is 73.4 Å². The molecule has 0 saturated heterocycles. The maximum absolute atomic E-state index is 13.2. The predicted molar refractivity (Wildman–Crippen MR) is 103 cm³/mol. The molecule has 4 rings (SSSR count). The van der Waals surface area contributed by atoms with E-state index in [9.17, 15) is 4.79 Å². The van der Waals surface area contributed by atoms with E-state index in [2.05, 4.69) is 19.8 Å². The molecule has 128 valence electrons. The maximum atomic E-state index is 13.2. The monoisotopic (exact) mass is 351 g/mol. The minimum absolute atomic E-state index is 0.237. The number of pyridine rings is 2. The summed E-state index contributed by atoms with van der Waals surface area (Å²) in [5.74, 6) is 0.497. The first-order valence-electron chi connectivity index (χ1n) is 8.19. The minimum atomic E-state index is -0.237. The van der Waals surface area contributed by atoms with Crippen LogP contribution in [0.25, 0.3) is 33.0 Å². The number of para-hydroxylation sites is 1. The number of hydrogen-bond acceptors (Lipinski definition) is 4. The summed E-state index contributed by atoms with van der Waals surface area (Å²) < 4.78 is 1.51. The number of rotatable bonds is 3. The number of aromatic nitrogens is 4. The second kappa shape index (κ2) is 7.02. The summed E-state index contributed by atoms with van der Waals surface area (Å²) in [5, 5.41) is 0. The normalized spacial score (nSPS) is 10.3. The van der Waals surface area contributed by atoms with E-state index in [0.717, 1.165) is 0 Å². The highest BCUT2D eigenvalue weighted by atomic mass is 16.1. The van der Waals surface area contributed by atoms with Crippen molar-refractivity contribution in [3.8, 4) is 28.2 Å². The van der Waals surface area contributed by atoms with Gasteiger partial charge in [0.05, 0.1) is 18.5 Å². The molecule has 0 unspecified atom stereocenters. The van der Waals surface area contributed by atoms with Crippen molar-refractivity contribution in [2.45, 2.75) is 0 Å². The molecular weight excluding hydrogens is 338 g/mol. The Bertz CT molecular complexity index is 1190. The first-order chi connectivity index (χ1) is 13.3. The Morgan fingerprint density at radius 2 is 1.74 bits per heavy atom. The Morgan fingerprint density at radius 1 is 0.926 bits per heavy atom. The molecule has 6 heteroatoms. The van der Waals surface area contributed by atoms with Crippen molar-refractivity contribution in [1.82, 2.24) is 19.5 Å². The molecule has 0 atom stereocenters. The summed E-state index contributed by atoms with van der Waals surface area (Å²) in [5.41, 5.74) is 2.47. The summed E-state index contributed by atoms with van der Waals surface area (Å²) in [6.45, 7) is 7.42. The van der Waals surface area contributed by atoms with Crippen LogP contribution in [0.15, 0.2) is 84.3 Å². The second-order valence-corrected chi connectivity index (χ2v) is 5.73. The summed E-state index contributed by atoms with van der Waals surface area (Å²) in [7, 11) is 0. The van der Waals surface area contributed by atoms with Crippen molar-refractivity contribution in [2.75, 3.05) is 0 Å². The standard InChI is InChI=1S/C21H13N5O/c1-22-19-8-3-2-7-17(19)18-12-15(20-24-10-5-11-25-20)14-26(21(18)27)16-6-4-9-23-13-16/h2-14H. The van der Waals surface area contributed by atoms with Crippen LogP contribution in [0, 0.1) is 6.57 Å².